The molecule has 0 saturated heterocycles. The fourth-order valence-corrected chi connectivity index (χ4v) is 2.87. The Hall–Kier alpha value is -3.33. The monoisotopic (exact) mass is 447 g/mol. The number of carbonyl (C=O) groups is 1. The Kier molecular flexibility index (Phi) is 7.53. The lowest BCUT2D eigenvalue weighted by Crippen LogP contribution is -2.18. The zero-order valence-corrected chi connectivity index (χ0v) is 17.7. The summed E-state index contributed by atoms with van der Waals surface area (Å²) in [4.78, 5) is 12.5. The normalized spacial score (nSPS) is 11.6. The second-order valence-electron chi connectivity index (χ2n) is 7.53. The first-order valence-corrected chi connectivity index (χ1v) is 9.99. The number of amides is 1. The summed E-state index contributed by atoms with van der Waals surface area (Å²) in [6.45, 7) is 2.81. The van der Waals surface area contributed by atoms with E-state index >= 15 is 0 Å². The van der Waals surface area contributed by atoms with Crippen molar-refractivity contribution < 1.29 is 27.4 Å². The summed E-state index contributed by atoms with van der Waals surface area (Å²) < 4.78 is 47.9. The second-order valence-corrected chi connectivity index (χ2v) is 7.53. The van der Waals surface area contributed by atoms with Crippen molar-refractivity contribution in [1.82, 2.24) is 9.78 Å². The van der Waals surface area contributed by atoms with Crippen LogP contribution in [0.2, 0.25) is 0 Å². The van der Waals surface area contributed by atoms with Gasteiger partial charge in [0.2, 0.25) is 0 Å². The van der Waals surface area contributed by atoms with Gasteiger partial charge >= 0.3 is 6.18 Å². The summed E-state index contributed by atoms with van der Waals surface area (Å²) in [7, 11) is 0. The van der Waals surface area contributed by atoms with Gasteiger partial charge in [-0.2, -0.15) is 18.3 Å². The molecule has 0 spiro atoms. The van der Waals surface area contributed by atoms with Gasteiger partial charge in [0.05, 0.1) is 18.1 Å². The van der Waals surface area contributed by atoms with Crippen LogP contribution in [0.1, 0.15) is 41.3 Å². The highest BCUT2D eigenvalue weighted by molar-refractivity contribution is 6.04. The molecular weight excluding hydrogens is 423 g/mol. The number of hydrogen-bond donors (Lipinski definition) is 1. The molecule has 0 aliphatic heterocycles. The molecule has 1 aromatic heterocycles. The van der Waals surface area contributed by atoms with Gasteiger partial charge in [0.1, 0.15) is 25.7 Å². The average molecular weight is 447 g/mol. The maximum atomic E-state index is 12.5. The van der Waals surface area contributed by atoms with Gasteiger partial charge in [-0.3, -0.25) is 4.79 Å². The van der Waals surface area contributed by atoms with Gasteiger partial charge in [-0.1, -0.05) is 38.1 Å². The SMILES string of the molecule is CC(C)c1ccc(OCc2cccc(C(=O)Nc3cnn(COCC(F)(F)F)c3)c2)cc1. The Morgan fingerprint density at radius 2 is 1.91 bits per heavy atom. The van der Waals surface area contributed by atoms with Gasteiger partial charge in [0.25, 0.3) is 5.91 Å². The van der Waals surface area contributed by atoms with E-state index < -0.39 is 12.8 Å². The Labute approximate surface area is 184 Å². The van der Waals surface area contributed by atoms with Gasteiger partial charge in [0, 0.05) is 5.56 Å². The number of alkyl halides is 3. The van der Waals surface area contributed by atoms with Gasteiger partial charge in [-0.05, 0) is 41.3 Å². The van der Waals surface area contributed by atoms with Gasteiger partial charge in [-0.25, -0.2) is 4.68 Å². The molecule has 0 aliphatic rings. The van der Waals surface area contributed by atoms with Crippen LogP contribution in [-0.2, 0) is 18.1 Å². The molecule has 0 fully saturated rings. The summed E-state index contributed by atoms with van der Waals surface area (Å²) >= 11 is 0. The van der Waals surface area contributed by atoms with Crippen LogP contribution in [0.5, 0.6) is 5.75 Å². The Balaban J connectivity index is 1.53. The van der Waals surface area contributed by atoms with Gasteiger partial charge in [-0.15, -0.1) is 0 Å². The molecule has 1 heterocycles. The van der Waals surface area contributed by atoms with E-state index in [2.05, 4.69) is 29.0 Å². The number of ether oxygens (including phenoxy) is 2. The summed E-state index contributed by atoms with van der Waals surface area (Å²) in [5.74, 6) is 0.812. The number of rotatable bonds is 9. The van der Waals surface area contributed by atoms with Crippen molar-refractivity contribution in [2.24, 2.45) is 0 Å². The zero-order chi connectivity index (χ0) is 23.1. The van der Waals surface area contributed by atoms with E-state index in [1.807, 2.05) is 30.3 Å². The third kappa shape index (κ3) is 7.12. The molecule has 1 amide bonds. The highest BCUT2D eigenvalue weighted by Crippen LogP contribution is 2.20. The molecule has 3 aromatic rings. The van der Waals surface area contributed by atoms with E-state index in [0.29, 0.717) is 23.8 Å². The highest BCUT2D eigenvalue weighted by atomic mass is 19.4. The summed E-state index contributed by atoms with van der Waals surface area (Å²) in [5, 5.41) is 6.53. The van der Waals surface area contributed by atoms with Crippen LogP contribution in [0.4, 0.5) is 18.9 Å². The first-order valence-electron chi connectivity index (χ1n) is 9.99. The van der Waals surface area contributed by atoms with Gasteiger partial charge < -0.3 is 14.8 Å². The van der Waals surface area contributed by atoms with Crippen molar-refractivity contribution >= 4 is 11.6 Å². The number of benzene rings is 2. The van der Waals surface area contributed by atoms with Crippen LogP contribution in [0.15, 0.2) is 60.9 Å². The van der Waals surface area contributed by atoms with Crippen LogP contribution in [0.3, 0.4) is 0 Å². The van der Waals surface area contributed by atoms with Crippen molar-refractivity contribution in [2.75, 3.05) is 11.9 Å². The smallest absolute Gasteiger partial charge is 0.411 e. The van der Waals surface area contributed by atoms with Crippen molar-refractivity contribution in [3.8, 4) is 5.75 Å². The van der Waals surface area contributed by atoms with E-state index in [9.17, 15) is 18.0 Å². The molecule has 1 N–H and O–H groups in total. The van der Waals surface area contributed by atoms with Crippen molar-refractivity contribution in [1.29, 1.82) is 0 Å². The lowest BCUT2D eigenvalue weighted by Gasteiger charge is -2.10. The summed E-state index contributed by atoms with van der Waals surface area (Å²) in [5.41, 5.74) is 2.81. The van der Waals surface area contributed by atoms with Crippen LogP contribution < -0.4 is 10.1 Å². The Bertz CT molecular complexity index is 1030. The maximum absolute atomic E-state index is 12.5. The van der Waals surface area contributed by atoms with E-state index in [-0.39, 0.29) is 12.6 Å². The largest absolute Gasteiger partial charge is 0.489 e. The van der Waals surface area contributed by atoms with Crippen LogP contribution >= 0.6 is 0 Å². The minimum absolute atomic E-state index is 0.302. The molecule has 0 unspecified atom stereocenters. The maximum Gasteiger partial charge on any atom is 0.411 e. The van der Waals surface area contributed by atoms with Crippen molar-refractivity contribution in [3.05, 3.63) is 77.6 Å². The topological polar surface area (TPSA) is 65.4 Å². The first kappa shape index (κ1) is 23.3. The molecule has 0 aliphatic carbocycles. The van der Waals surface area contributed by atoms with E-state index in [1.54, 1.807) is 18.2 Å². The standard InChI is InChI=1S/C23H24F3N3O3/c1-16(2)18-6-8-21(9-7-18)32-13-17-4-3-5-19(10-17)22(30)28-20-11-27-29(12-20)15-31-14-23(24,25)26/h3-12,16H,13-15H2,1-2H3,(H,28,30). The number of halogens is 3. The molecular formula is C23H24F3N3O3. The Morgan fingerprint density at radius 3 is 2.59 bits per heavy atom. The molecule has 6 nitrogen and oxygen atoms in total. The van der Waals surface area contributed by atoms with E-state index in [0.717, 1.165) is 16.0 Å². The highest BCUT2D eigenvalue weighted by Gasteiger charge is 2.27. The average Bonchev–Trinajstić information content (AvgIpc) is 3.19. The predicted molar refractivity (Wildman–Crippen MR) is 113 cm³/mol. The van der Waals surface area contributed by atoms with E-state index in [1.165, 1.54) is 18.0 Å². The van der Waals surface area contributed by atoms with Crippen LogP contribution in [-0.4, -0.2) is 28.5 Å². The second kappa shape index (κ2) is 10.3. The van der Waals surface area contributed by atoms with Crippen molar-refractivity contribution in [3.63, 3.8) is 0 Å². The summed E-state index contributed by atoms with van der Waals surface area (Å²) in [6, 6.07) is 14.9. The van der Waals surface area contributed by atoms with Gasteiger partial charge in [0.15, 0.2) is 0 Å². The molecule has 0 bridgehead atoms. The quantitative estimate of drug-likeness (QED) is 0.479. The molecule has 3 rings (SSSR count). The molecule has 0 saturated carbocycles. The number of nitrogens with zero attached hydrogens (tertiary/aromatic N) is 2. The van der Waals surface area contributed by atoms with E-state index in [4.69, 9.17) is 4.74 Å². The molecule has 32 heavy (non-hydrogen) atoms. The fraction of sp³-hybridized carbons (Fsp3) is 0.304. The predicted octanol–water partition coefficient (Wildman–Crippen LogP) is 5.37. The number of aromatic nitrogens is 2. The Morgan fingerprint density at radius 1 is 1.16 bits per heavy atom. The third-order valence-electron chi connectivity index (χ3n) is 4.52. The molecule has 9 heteroatoms. The first-order chi connectivity index (χ1) is 15.2. The number of nitrogens with one attached hydrogen (secondary N) is 1. The fourth-order valence-electron chi connectivity index (χ4n) is 2.87. The summed E-state index contributed by atoms with van der Waals surface area (Å²) in [6.07, 6.45) is -1.68. The third-order valence-corrected chi connectivity index (χ3v) is 4.52. The lowest BCUT2D eigenvalue weighted by atomic mass is 10.0. The number of anilines is 1. The number of carbonyl (C=O) groups excluding carboxylic acids is 1. The molecule has 2 aromatic carbocycles. The number of hydrogen-bond acceptors (Lipinski definition) is 4. The minimum Gasteiger partial charge on any atom is -0.489 e. The molecule has 170 valence electrons. The zero-order valence-electron chi connectivity index (χ0n) is 17.7. The van der Waals surface area contributed by atoms with Crippen molar-refractivity contribution in [2.45, 2.75) is 39.3 Å². The lowest BCUT2D eigenvalue weighted by molar-refractivity contribution is -0.182. The molecule has 0 atom stereocenters. The van der Waals surface area contributed by atoms with Crippen LogP contribution in [0, 0.1) is 0 Å². The minimum atomic E-state index is -4.41. The molecule has 0 radical (unpaired) electrons. The van der Waals surface area contributed by atoms with Crippen LogP contribution in [0.25, 0.3) is 0 Å².